The maximum atomic E-state index is 13.0. The van der Waals surface area contributed by atoms with Crippen LogP contribution in [0.5, 0.6) is 0 Å². The monoisotopic (exact) mass is 477 g/mol. The van der Waals surface area contributed by atoms with E-state index in [9.17, 15) is 4.79 Å². The summed E-state index contributed by atoms with van der Waals surface area (Å²) in [5.74, 6) is 0.616. The fourth-order valence-electron chi connectivity index (χ4n) is 4.23. The number of aromatic nitrogens is 2. The third kappa shape index (κ3) is 4.57. The lowest BCUT2D eigenvalue weighted by atomic mass is 10.1. The van der Waals surface area contributed by atoms with Gasteiger partial charge in [0.05, 0.1) is 11.6 Å². The van der Waals surface area contributed by atoms with Gasteiger partial charge in [0.15, 0.2) is 0 Å². The van der Waals surface area contributed by atoms with Crippen molar-refractivity contribution in [3.05, 3.63) is 70.3 Å². The zero-order valence-corrected chi connectivity index (χ0v) is 19.8. The van der Waals surface area contributed by atoms with Gasteiger partial charge in [0.25, 0.3) is 0 Å². The van der Waals surface area contributed by atoms with Crippen molar-refractivity contribution < 1.29 is 4.79 Å². The standard InChI is InChI=1S/C25H24ClN5OS/c1-16-25(32)31(14-17-4-7-21-22(11-17)28-15-29-24(21)27)10-9-30(16)8-2-3-20-12-18-5-6-19(26)13-23(18)33-20/h2-7,11-13,15-16H,8-10,14H2,1H3,(H2,27,28,29)/t16-/m0/s1. The molecule has 0 unspecified atom stereocenters. The molecule has 6 nitrogen and oxygen atoms in total. The van der Waals surface area contributed by atoms with Crippen LogP contribution in [-0.2, 0) is 11.3 Å². The minimum Gasteiger partial charge on any atom is -0.383 e. The van der Waals surface area contributed by atoms with Gasteiger partial charge in [-0.1, -0.05) is 29.8 Å². The molecule has 8 heteroatoms. The molecule has 1 aliphatic rings. The number of fused-ring (bicyclic) bond motifs is 2. The number of amides is 1. The van der Waals surface area contributed by atoms with Crippen LogP contribution < -0.4 is 5.73 Å². The summed E-state index contributed by atoms with van der Waals surface area (Å²) in [5, 5.41) is 2.79. The lowest BCUT2D eigenvalue weighted by Crippen LogP contribution is -2.55. The Morgan fingerprint density at radius 1 is 1.18 bits per heavy atom. The first kappa shape index (κ1) is 21.8. The number of carbonyl (C=O) groups excluding carboxylic acids is 1. The van der Waals surface area contributed by atoms with Crippen molar-refractivity contribution in [2.24, 2.45) is 0 Å². The highest BCUT2D eigenvalue weighted by molar-refractivity contribution is 7.19. The normalized spacial score (nSPS) is 17.6. The molecule has 0 saturated carbocycles. The largest absolute Gasteiger partial charge is 0.383 e. The summed E-state index contributed by atoms with van der Waals surface area (Å²) < 4.78 is 1.18. The van der Waals surface area contributed by atoms with Gasteiger partial charge in [0.2, 0.25) is 5.91 Å². The maximum absolute atomic E-state index is 13.0. The first-order valence-electron chi connectivity index (χ1n) is 10.9. The summed E-state index contributed by atoms with van der Waals surface area (Å²) in [6.45, 7) is 4.82. The average molecular weight is 478 g/mol. The second kappa shape index (κ2) is 9.09. The molecule has 33 heavy (non-hydrogen) atoms. The Hall–Kier alpha value is -3.00. The lowest BCUT2D eigenvalue weighted by Gasteiger charge is -2.38. The molecule has 1 fully saturated rings. The minimum absolute atomic E-state index is 0.147. The number of benzene rings is 2. The first-order valence-corrected chi connectivity index (χ1v) is 12.0. The van der Waals surface area contributed by atoms with Gasteiger partial charge in [-0.05, 0) is 54.3 Å². The highest BCUT2D eigenvalue weighted by Crippen LogP contribution is 2.29. The Morgan fingerprint density at radius 3 is 2.94 bits per heavy atom. The molecule has 0 spiro atoms. The molecule has 0 bridgehead atoms. The Balaban J connectivity index is 1.21. The summed E-state index contributed by atoms with van der Waals surface area (Å²) in [7, 11) is 0. The van der Waals surface area contributed by atoms with E-state index in [-0.39, 0.29) is 11.9 Å². The number of piperazine rings is 1. The Kier molecular flexibility index (Phi) is 6.01. The van der Waals surface area contributed by atoms with E-state index in [1.54, 1.807) is 11.3 Å². The van der Waals surface area contributed by atoms with E-state index in [1.807, 2.05) is 48.2 Å². The zero-order chi connectivity index (χ0) is 22.9. The molecular weight excluding hydrogens is 454 g/mol. The SMILES string of the molecule is C[C@H]1C(=O)N(Cc2ccc3c(N)ncnc3c2)CCN1CC=Cc1cc2ccc(Cl)cc2s1. The number of anilines is 1. The number of rotatable bonds is 5. The molecule has 1 amide bonds. The molecule has 0 radical (unpaired) electrons. The third-order valence-electron chi connectivity index (χ3n) is 6.10. The van der Waals surface area contributed by atoms with Crippen molar-refractivity contribution in [1.82, 2.24) is 19.8 Å². The fraction of sp³-hybridized carbons (Fsp3) is 0.240. The molecule has 5 rings (SSSR count). The van der Waals surface area contributed by atoms with E-state index in [0.717, 1.165) is 34.6 Å². The molecule has 2 aromatic carbocycles. The van der Waals surface area contributed by atoms with Crippen LogP contribution in [0.3, 0.4) is 0 Å². The van der Waals surface area contributed by atoms with Crippen LogP contribution in [0.25, 0.3) is 27.1 Å². The van der Waals surface area contributed by atoms with E-state index in [0.29, 0.717) is 18.9 Å². The molecule has 2 N–H and O–H groups in total. The lowest BCUT2D eigenvalue weighted by molar-refractivity contribution is -0.141. The van der Waals surface area contributed by atoms with Gasteiger partial charge in [0.1, 0.15) is 12.1 Å². The number of thiophene rings is 1. The molecule has 0 aliphatic carbocycles. The quantitative estimate of drug-likeness (QED) is 0.445. The van der Waals surface area contributed by atoms with E-state index >= 15 is 0 Å². The molecule has 3 heterocycles. The first-order chi connectivity index (χ1) is 16.0. The number of nitrogens with zero attached hydrogens (tertiary/aromatic N) is 4. The predicted molar refractivity (Wildman–Crippen MR) is 136 cm³/mol. The van der Waals surface area contributed by atoms with Crippen LogP contribution in [0.4, 0.5) is 5.82 Å². The van der Waals surface area contributed by atoms with Crippen LogP contribution in [0.2, 0.25) is 5.02 Å². The van der Waals surface area contributed by atoms with Crippen molar-refractivity contribution in [3.63, 3.8) is 0 Å². The van der Waals surface area contributed by atoms with Gasteiger partial charge in [-0.25, -0.2) is 9.97 Å². The van der Waals surface area contributed by atoms with Crippen molar-refractivity contribution in [2.75, 3.05) is 25.4 Å². The number of hydrogen-bond donors (Lipinski definition) is 1. The van der Waals surface area contributed by atoms with Crippen molar-refractivity contribution in [3.8, 4) is 0 Å². The summed E-state index contributed by atoms with van der Waals surface area (Å²) >= 11 is 7.81. The van der Waals surface area contributed by atoms with Gasteiger partial charge in [0, 0.05) is 46.2 Å². The van der Waals surface area contributed by atoms with Gasteiger partial charge in [-0.2, -0.15) is 0 Å². The van der Waals surface area contributed by atoms with E-state index in [1.165, 1.54) is 21.3 Å². The van der Waals surface area contributed by atoms with Crippen LogP contribution >= 0.6 is 22.9 Å². The van der Waals surface area contributed by atoms with Gasteiger partial charge >= 0.3 is 0 Å². The number of hydrogen-bond acceptors (Lipinski definition) is 6. The van der Waals surface area contributed by atoms with Crippen molar-refractivity contribution >= 4 is 61.7 Å². The molecule has 168 valence electrons. The molecule has 1 atom stereocenters. The van der Waals surface area contributed by atoms with Crippen molar-refractivity contribution in [1.29, 1.82) is 0 Å². The van der Waals surface area contributed by atoms with E-state index in [2.05, 4.69) is 33.1 Å². The number of carbonyl (C=O) groups is 1. The fourth-order valence-corrected chi connectivity index (χ4v) is 5.51. The average Bonchev–Trinajstić information content (AvgIpc) is 3.20. The smallest absolute Gasteiger partial charge is 0.239 e. The summed E-state index contributed by atoms with van der Waals surface area (Å²) in [4.78, 5) is 26.7. The summed E-state index contributed by atoms with van der Waals surface area (Å²) in [6, 6.07) is 13.9. The minimum atomic E-state index is -0.164. The predicted octanol–water partition coefficient (Wildman–Crippen LogP) is 4.83. The van der Waals surface area contributed by atoms with E-state index < -0.39 is 0 Å². The molecule has 4 aromatic rings. The Morgan fingerprint density at radius 2 is 2.06 bits per heavy atom. The van der Waals surface area contributed by atoms with Gasteiger partial charge in [-0.15, -0.1) is 11.3 Å². The number of nitrogen functional groups attached to an aromatic ring is 1. The Bertz CT molecular complexity index is 1370. The topological polar surface area (TPSA) is 75.3 Å². The molecule has 1 saturated heterocycles. The zero-order valence-electron chi connectivity index (χ0n) is 18.2. The van der Waals surface area contributed by atoms with Crippen molar-refractivity contribution in [2.45, 2.75) is 19.5 Å². The summed E-state index contributed by atoms with van der Waals surface area (Å²) in [5.41, 5.74) is 7.76. The number of nitrogens with two attached hydrogens (primary N) is 1. The maximum Gasteiger partial charge on any atom is 0.239 e. The van der Waals surface area contributed by atoms with E-state index in [4.69, 9.17) is 17.3 Å². The second-order valence-corrected chi connectivity index (χ2v) is 9.83. The molecular formula is C25H24ClN5OS. The second-order valence-electron chi connectivity index (χ2n) is 8.27. The third-order valence-corrected chi connectivity index (χ3v) is 7.40. The molecule has 2 aromatic heterocycles. The van der Waals surface area contributed by atoms with Crippen LogP contribution in [0.1, 0.15) is 17.4 Å². The van der Waals surface area contributed by atoms with Crippen LogP contribution in [0.15, 0.2) is 54.9 Å². The highest BCUT2D eigenvalue weighted by Gasteiger charge is 2.30. The Labute approximate surface area is 201 Å². The summed E-state index contributed by atoms with van der Waals surface area (Å²) in [6.07, 6.45) is 5.74. The molecule has 1 aliphatic heterocycles. The van der Waals surface area contributed by atoms with Gasteiger partial charge in [-0.3, -0.25) is 9.69 Å². The van der Waals surface area contributed by atoms with Crippen LogP contribution in [-0.4, -0.2) is 51.4 Å². The highest BCUT2D eigenvalue weighted by atomic mass is 35.5. The van der Waals surface area contributed by atoms with Crippen LogP contribution in [0, 0.1) is 0 Å². The van der Waals surface area contributed by atoms with Gasteiger partial charge < -0.3 is 10.6 Å². The number of halogens is 1.